The van der Waals surface area contributed by atoms with E-state index in [9.17, 15) is 14.9 Å². The number of non-ortho nitro benzene ring substituents is 1. The summed E-state index contributed by atoms with van der Waals surface area (Å²) >= 11 is 0. The number of hydrazone groups is 1. The summed E-state index contributed by atoms with van der Waals surface area (Å²) in [6, 6.07) is 28.2. The topological polar surface area (TPSA) is 128 Å². The summed E-state index contributed by atoms with van der Waals surface area (Å²) in [6.45, 7) is 0. The Morgan fingerprint density at radius 3 is 2.31 bits per heavy atom. The Morgan fingerprint density at radius 1 is 0.917 bits per heavy atom. The number of rotatable bonds is 7. The van der Waals surface area contributed by atoms with E-state index < -0.39 is 10.8 Å². The Labute approximate surface area is 204 Å². The van der Waals surface area contributed by atoms with Crippen molar-refractivity contribution in [3.05, 3.63) is 119 Å². The number of para-hydroxylation sites is 1. The summed E-state index contributed by atoms with van der Waals surface area (Å²) < 4.78 is 7.30. The second-order valence-electron chi connectivity index (χ2n) is 7.58. The number of aromatic nitrogens is 3. The number of amides is 1. The van der Waals surface area contributed by atoms with Gasteiger partial charge in [0.1, 0.15) is 11.5 Å². The molecule has 0 aliphatic carbocycles. The molecule has 5 aromatic rings. The highest BCUT2D eigenvalue weighted by atomic mass is 16.6. The molecule has 1 amide bonds. The molecule has 0 aliphatic heterocycles. The van der Waals surface area contributed by atoms with Crippen molar-refractivity contribution in [2.75, 3.05) is 0 Å². The number of nitrogens with one attached hydrogen (secondary N) is 1. The van der Waals surface area contributed by atoms with Gasteiger partial charge in [0.2, 0.25) is 5.82 Å². The minimum Gasteiger partial charge on any atom is -0.455 e. The standard InChI is InChI=1S/C26H18N6O4/c33-26(29-27-17-22-15-16-23(36-22)18-11-13-21(14-12-18)32(34)35)24-28-25(19-7-3-1-4-8-19)31(30-24)20-9-5-2-6-10-20/h1-17H,(H,29,33)/b27-17+. The lowest BCUT2D eigenvalue weighted by Crippen LogP contribution is -2.19. The minimum absolute atomic E-state index is 0.00598. The molecule has 5 rings (SSSR count). The van der Waals surface area contributed by atoms with Crippen molar-refractivity contribution in [1.29, 1.82) is 0 Å². The van der Waals surface area contributed by atoms with Crippen LogP contribution in [0.2, 0.25) is 0 Å². The fraction of sp³-hybridized carbons (Fsp3) is 0. The average Bonchev–Trinajstić information content (AvgIpc) is 3.58. The third kappa shape index (κ3) is 4.77. The summed E-state index contributed by atoms with van der Waals surface area (Å²) in [7, 11) is 0. The van der Waals surface area contributed by atoms with Crippen LogP contribution in [0.15, 0.2) is 107 Å². The molecule has 1 N–H and O–H groups in total. The van der Waals surface area contributed by atoms with Crippen LogP contribution in [0.4, 0.5) is 5.69 Å². The number of nitrogens with zero attached hydrogens (tertiary/aromatic N) is 5. The molecule has 0 saturated carbocycles. The molecule has 0 unspecified atom stereocenters. The molecule has 0 radical (unpaired) electrons. The largest absolute Gasteiger partial charge is 0.455 e. The van der Waals surface area contributed by atoms with Crippen molar-refractivity contribution in [3.63, 3.8) is 0 Å². The van der Waals surface area contributed by atoms with E-state index in [0.717, 1.165) is 11.3 Å². The molecular weight excluding hydrogens is 460 g/mol. The maximum absolute atomic E-state index is 12.7. The summed E-state index contributed by atoms with van der Waals surface area (Å²) in [6.07, 6.45) is 1.35. The van der Waals surface area contributed by atoms with E-state index in [2.05, 4.69) is 20.6 Å². The fourth-order valence-corrected chi connectivity index (χ4v) is 3.46. The highest BCUT2D eigenvalue weighted by Crippen LogP contribution is 2.24. The van der Waals surface area contributed by atoms with Gasteiger partial charge in [-0.05, 0) is 36.4 Å². The summed E-state index contributed by atoms with van der Waals surface area (Å²) in [4.78, 5) is 27.5. The van der Waals surface area contributed by atoms with Crippen molar-refractivity contribution in [2.24, 2.45) is 5.10 Å². The molecule has 2 aromatic heterocycles. The van der Waals surface area contributed by atoms with Crippen molar-refractivity contribution in [3.8, 4) is 28.4 Å². The summed E-state index contributed by atoms with van der Waals surface area (Å²) in [5.74, 6) is 0.792. The van der Waals surface area contributed by atoms with Gasteiger partial charge in [0.15, 0.2) is 5.82 Å². The molecule has 36 heavy (non-hydrogen) atoms. The van der Waals surface area contributed by atoms with Gasteiger partial charge in [0.25, 0.3) is 5.69 Å². The van der Waals surface area contributed by atoms with E-state index in [4.69, 9.17) is 4.42 Å². The Kier molecular flexibility index (Phi) is 6.14. The first-order valence-electron chi connectivity index (χ1n) is 10.8. The zero-order valence-corrected chi connectivity index (χ0v) is 18.7. The first-order chi connectivity index (χ1) is 17.6. The molecular formula is C26H18N6O4. The van der Waals surface area contributed by atoms with Crippen molar-refractivity contribution in [1.82, 2.24) is 20.2 Å². The van der Waals surface area contributed by atoms with E-state index in [1.165, 1.54) is 18.3 Å². The van der Waals surface area contributed by atoms with Gasteiger partial charge in [0, 0.05) is 23.3 Å². The number of hydrogen-bond donors (Lipinski definition) is 1. The molecule has 0 bridgehead atoms. The van der Waals surface area contributed by atoms with E-state index in [1.807, 2.05) is 60.7 Å². The van der Waals surface area contributed by atoms with Crippen LogP contribution >= 0.6 is 0 Å². The maximum Gasteiger partial charge on any atom is 0.311 e. The van der Waals surface area contributed by atoms with Gasteiger partial charge < -0.3 is 4.42 Å². The Morgan fingerprint density at radius 2 is 1.61 bits per heavy atom. The predicted molar refractivity (Wildman–Crippen MR) is 133 cm³/mol. The monoisotopic (exact) mass is 478 g/mol. The fourth-order valence-electron chi connectivity index (χ4n) is 3.46. The molecule has 0 aliphatic rings. The van der Waals surface area contributed by atoms with E-state index in [0.29, 0.717) is 22.9 Å². The normalized spacial score (nSPS) is 11.0. The third-order valence-corrected chi connectivity index (χ3v) is 5.19. The Bertz CT molecular complexity index is 1480. The van der Waals surface area contributed by atoms with Crippen LogP contribution < -0.4 is 5.43 Å². The Hall–Kier alpha value is -5.38. The Balaban J connectivity index is 1.32. The number of benzene rings is 3. The average molecular weight is 478 g/mol. The predicted octanol–water partition coefficient (Wildman–Crippen LogP) is 4.87. The molecule has 0 saturated heterocycles. The molecule has 0 atom stereocenters. The lowest BCUT2D eigenvalue weighted by molar-refractivity contribution is -0.384. The van der Waals surface area contributed by atoms with Crippen molar-refractivity contribution in [2.45, 2.75) is 0 Å². The number of hydrogen-bond acceptors (Lipinski definition) is 7. The molecule has 3 aromatic carbocycles. The zero-order chi connectivity index (χ0) is 24.9. The number of furan rings is 1. The summed E-state index contributed by atoms with van der Waals surface area (Å²) in [5.41, 5.74) is 4.66. The quantitative estimate of drug-likeness (QED) is 0.202. The van der Waals surface area contributed by atoms with Crippen LogP contribution in [0.25, 0.3) is 28.4 Å². The lowest BCUT2D eigenvalue weighted by Gasteiger charge is -2.05. The molecule has 10 heteroatoms. The number of nitro groups is 1. The van der Waals surface area contributed by atoms with Crippen molar-refractivity contribution >= 4 is 17.8 Å². The highest BCUT2D eigenvalue weighted by Gasteiger charge is 2.18. The minimum atomic E-state index is -0.583. The SMILES string of the molecule is O=C(N/N=C/c1ccc(-c2ccc([N+](=O)[O-])cc2)o1)c1nc(-c2ccccc2)n(-c2ccccc2)n1. The van der Waals surface area contributed by atoms with Crippen LogP contribution in [-0.4, -0.2) is 31.8 Å². The zero-order valence-electron chi connectivity index (χ0n) is 18.7. The maximum atomic E-state index is 12.7. The van der Waals surface area contributed by atoms with Gasteiger partial charge in [-0.3, -0.25) is 14.9 Å². The van der Waals surface area contributed by atoms with Crippen LogP contribution in [0.1, 0.15) is 16.4 Å². The number of carbonyl (C=O) groups is 1. The second kappa shape index (κ2) is 9.85. The molecule has 2 heterocycles. The summed E-state index contributed by atoms with van der Waals surface area (Å²) in [5, 5.41) is 19.2. The van der Waals surface area contributed by atoms with Crippen molar-refractivity contribution < 1.29 is 14.1 Å². The van der Waals surface area contributed by atoms with E-state index in [-0.39, 0.29) is 11.5 Å². The smallest absolute Gasteiger partial charge is 0.311 e. The lowest BCUT2D eigenvalue weighted by atomic mass is 10.1. The van der Waals surface area contributed by atoms with Gasteiger partial charge in [-0.2, -0.15) is 5.10 Å². The van der Waals surface area contributed by atoms with Gasteiger partial charge >= 0.3 is 5.91 Å². The molecule has 0 spiro atoms. The van der Waals surface area contributed by atoms with Gasteiger partial charge in [-0.25, -0.2) is 15.1 Å². The van der Waals surface area contributed by atoms with Crippen LogP contribution in [0.5, 0.6) is 0 Å². The third-order valence-electron chi connectivity index (χ3n) is 5.19. The van der Waals surface area contributed by atoms with Gasteiger partial charge in [0.05, 0.1) is 16.8 Å². The van der Waals surface area contributed by atoms with E-state index >= 15 is 0 Å². The first kappa shape index (κ1) is 22.4. The first-order valence-corrected chi connectivity index (χ1v) is 10.8. The molecule has 10 nitrogen and oxygen atoms in total. The highest BCUT2D eigenvalue weighted by molar-refractivity contribution is 5.91. The number of carbonyl (C=O) groups excluding carboxylic acids is 1. The van der Waals surface area contributed by atoms with Gasteiger partial charge in [-0.15, -0.1) is 5.10 Å². The molecule has 176 valence electrons. The van der Waals surface area contributed by atoms with Gasteiger partial charge in [-0.1, -0.05) is 48.5 Å². The van der Waals surface area contributed by atoms with E-state index in [1.54, 1.807) is 28.9 Å². The number of nitro benzene ring substituents is 1. The molecule has 0 fully saturated rings. The van der Waals surface area contributed by atoms with Crippen LogP contribution in [0, 0.1) is 10.1 Å². The second-order valence-corrected chi connectivity index (χ2v) is 7.58. The van der Waals surface area contributed by atoms with Crippen LogP contribution in [0.3, 0.4) is 0 Å². The van der Waals surface area contributed by atoms with Crippen LogP contribution in [-0.2, 0) is 0 Å².